The van der Waals surface area contributed by atoms with Crippen molar-refractivity contribution in [2.24, 2.45) is 23.7 Å². The number of methoxy groups -OCH3 is 2. The summed E-state index contributed by atoms with van der Waals surface area (Å²) in [5.41, 5.74) is 9.90. The molecule has 0 heterocycles. The van der Waals surface area contributed by atoms with Gasteiger partial charge in [0.15, 0.2) is 0 Å². The first kappa shape index (κ1) is 50.6. The Morgan fingerprint density at radius 2 is 1.05 bits per heavy atom. The Balaban J connectivity index is 0.000000175. The topological polar surface area (TPSA) is 71.1 Å². The number of ether oxygens (including phenoxy) is 2. The average Bonchev–Trinajstić information content (AvgIpc) is 3.22. The number of benzene rings is 2. The molecule has 6 aliphatic carbocycles. The Labute approximate surface area is 398 Å². The molecule has 0 amide bonds. The maximum absolute atomic E-state index is 12.0. The van der Waals surface area contributed by atoms with Gasteiger partial charge in [0.2, 0.25) is 0 Å². The second-order valence-corrected chi connectivity index (χ2v) is 32.6. The van der Waals surface area contributed by atoms with E-state index in [1.165, 1.54) is 97.0 Å². The van der Waals surface area contributed by atoms with Gasteiger partial charge in [0, 0.05) is 23.3 Å². The van der Waals surface area contributed by atoms with E-state index in [2.05, 4.69) is 79.9 Å². The number of hydrogen-bond acceptors (Lipinski definition) is 6. The number of halogens is 2. The summed E-state index contributed by atoms with van der Waals surface area (Å²) < 4.78 is 23.6. The van der Waals surface area contributed by atoms with Gasteiger partial charge >= 0.3 is 5.97 Å². The number of Topliss-reactive ketones (excluding diaryl/α,β-unsaturated/α-hetero) is 1. The molecular weight excluding hydrogens is 872 g/mol. The Kier molecular flexibility index (Phi) is 16.3. The van der Waals surface area contributed by atoms with Crippen LogP contribution < -0.4 is 8.85 Å². The van der Waals surface area contributed by atoms with E-state index < -0.39 is 22.6 Å². The summed E-state index contributed by atoms with van der Waals surface area (Å²) in [5.74, 6) is 4.64. The number of allylic oxidation sites excluding steroid dienone is 5. The largest absolute Gasteiger partial charge is 0.542 e. The average molecular weight is 950 g/mol. The lowest BCUT2D eigenvalue weighted by Crippen LogP contribution is -2.43. The first-order chi connectivity index (χ1) is 30.1. The van der Waals surface area contributed by atoms with Crippen molar-refractivity contribution in [3.63, 3.8) is 0 Å². The third-order valence-electron chi connectivity index (χ3n) is 16.1. The van der Waals surface area contributed by atoms with Crippen molar-refractivity contribution in [3.8, 4) is 11.5 Å². The molecule has 2 fully saturated rings. The highest BCUT2D eigenvalue weighted by atomic mass is 35.5. The van der Waals surface area contributed by atoms with Crippen molar-refractivity contribution in [2.45, 2.75) is 181 Å². The molecule has 4 bridgehead atoms. The molecule has 2 aromatic rings. The van der Waals surface area contributed by atoms with E-state index in [1.54, 1.807) is 46.1 Å². The summed E-state index contributed by atoms with van der Waals surface area (Å²) in [6.07, 6.45) is 20.5. The van der Waals surface area contributed by atoms with Gasteiger partial charge < -0.3 is 18.3 Å². The number of carbonyl (C=O) groups is 2. The van der Waals surface area contributed by atoms with Gasteiger partial charge in [-0.05, 0) is 174 Å². The molecule has 2 saturated carbocycles. The Morgan fingerprint density at radius 3 is 1.56 bits per heavy atom. The van der Waals surface area contributed by atoms with E-state index in [0.29, 0.717) is 50.8 Å². The molecule has 0 N–H and O–H groups in total. The zero-order chi connectivity index (χ0) is 46.8. The number of hydrogen-bond donors (Lipinski definition) is 0. The van der Waals surface area contributed by atoms with Crippen molar-refractivity contribution in [2.75, 3.05) is 14.2 Å². The molecule has 10 heteroatoms. The van der Waals surface area contributed by atoms with Crippen LogP contribution in [0, 0.1) is 23.7 Å². The molecule has 2 aromatic carbocycles. The van der Waals surface area contributed by atoms with Crippen LogP contribution in [-0.2, 0) is 14.3 Å². The zero-order valence-corrected chi connectivity index (χ0v) is 44.8. The number of carbonyl (C=O) groups excluding carboxylic acids is 2. The van der Waals surface area contributed by atoms with Gasteiger partial charge in [-0.1, -0.05) is 99.9 Å². The molecule has 6 nitrogen and oxygen atoms in total. The molecule has 0 spiro atoms. The number of rotatable bonds is 7. The fourth-order valence-electron chi connectivity index (χ4n) is 10.5. The van der Waals surface area contributed by atoms with Gasteiger partial charge in [-0.25, -0.2) is 4.79 Å². The maximum Gasteiger partial charge on any atom is 0.337 e. The van der Waals surface area contributed by atoms with E-state index in [9.17, 15) is 9.59 Å². The molecule has 0 aromatic heterocycles. The van der Waals surface area contributed by atoms with Crippen LogP contribution in [0.3, 0.4) is 0 Å². The second kappa shape index (κ2) is 20.6. The van der Waals surface area contributed by atoms with Crippen LogP contribution in [0.25, 0.3) is 5.76 Å². The van der Waals surface area contributed by atoms with Gasteiger partial charge in [0.25, 0.3) is 16.6 Å². The van der Waals surface area contributed by atoms with Crippen LogP contribution in [0.1, 0.15) is 160 Å². The predicted molar refractivity (Wildman–Crippen MR) is 271 cm³/mol. The molecule has 0 saturated heterocycles. The zero-order valence-electron chi connectivity index (χ0n) is 41.3. The maximum atomic E-state index is 12.0. The third kappa shape index (κ3) is 11.3. The standard InChI is InChI=1S/C27H39ClO2Si.C14H21ClO3Si.C13H18O/c1-27(2,3)31(5,6)30-24-17-20(14-15-23(24)28)26(29-4)25-19-11-9-13-22(25)21-12-8-7-10-18(21)16-19;1-14(2,3)19(5,6)18-12-9-10(13(16)17-4)7-8-11(12)15;14-13-10-5-3-7-12(13)11-6-2-1-4-9(11)8-10/h14-15,17,19,22H,7-13,16H2,1-6H3;7-9H,1-6H3;10,12H,1-8H2/b26-25+;;. The van der Waals surface area contributed by atoms with Crippen LogP contribution in [0.2, 0.25) is 46.3 Å². The van der Waals surface area contributed by atoms with E-state index in [4.69, 9.17) is 41.5 Å². The quantitative estimate of drug-likeness (QED) is 0.119. The van der Waals surface area contributed by atoms with E-state index in [1.807, 2.05) is 13.2 Å². The Morgan fingerprint density at radius 1 is 0.594 bits per heavy atom. The highest BCUT2D eigenvalue weighted by molar-refractivity contribution is 6.75. The molecule has 352 valence electrons. The van der Waals surface area contributed by atoms with Crippen molar-refractivity contribution in [3.05, 3.63) is 85.4 Å². The summed E-state index contributed by atoms with van der Waals surface area (Å²) >= 11 is 12.8. The summed E-state index contributed by atoms with van der Waals surface area (Å²) in [4.78, 5) is 23.6. The number of esters is 1. The van der Waals surface area contributed by atoms with E-state index in [-0.39, 0.29) is 10.1 Å². The minimum Gasteiger partial charge on any atom is -0.542 e. The third-order valence-corrected chi connectivity index (χ3v) is 25.4. The molecule has 64 heavy (non-hydrogen) atoms. The number of fused-ring (bicyclic) bond motifs is 6. The summed E-state index contributed by atoms with van der Waals surface area (Å²) in [7, 11) is -0.769. The van der Waals surface area contributed by atoms with Gasteiger partial charge in [-0.2, -0.15) is 0 Å². The number of ketones is 1. The highest BCUT2D eigenvalue weighted by Gasteiger charge is 2.43. The van der Waals surface area contributed by atoms with Gasteiger partial charge in [0.1, 0.15) is 23.0 Å². The molecule has 0 radical (unpaired) electrons. The van der Waals surface area contributed by atoms with Crippen LogP contribution in [0.15, 0.2) is 64.3 Å². The van der Waals surface area contributed by atoms with E-state index in [0.717, 1.165) is 29.9 Å². The van der Waals surface area contributed by atoms with Gasteiger partial charge in [0.05, 0.1) is 29.8 Å². The van der Waals surface area contributed by atoms with Crippen molar-refractivity contribution >= 4 is 57.3 Å². The minimum absolute atomic E-state index is 0.0671. The lowest BCUT2D eigenvalue weighted by molar-refractivity contribution is -0.128. The first-order valence-electron chi connectivity index (χ1n) is 24.4. The fourth-order valence-corrected chi connectivity index (χ4v) is 13.0. The van der Waals surface area contributed by atoms with Crippen LogP contribution in [0.5, 0.6) is 11.5 Å². The minimum atomic E-state index is -1.98. The molecule has 4 atom stereocenters. The second-order valence-electron chi connectivity index (χ2n) is 22.3. The molecule has 8 rings (SSSR count). The van der Waals surface area contributed by atoms with Crippen LogP contribution >= 0.6 is 23.2 Å². The SMILES string of the molecule is CO/C(=C1\C2CCCC1C1=C(CCCC1)C2)c1ccc(Cl)c(O[Si](C)(C)C(C)(C)C)c1.COC(=O)c1ccc(Cl)c(O[Si](C)(C)C(C)(C)C)c1.O=C1C2CCCC1C1=C(CCCC1)C2. The lowest BCUT2D eigenvalue weighted by Gasteiger charge is -2.43. The summed E-state index contributed by atoms with van der Waals surface area (Å²) in [5, 5.41) is 1.39. The highest BCUT2D eigenvalue weighted by Crippen LogP contribution is 2.54. The smallest absolute Gasteiger partial charge is 0.337 e. The molecule has 0 aliphatic heterocycles. The normalized spacial score (nSPS) is 24.2. The van der Waals surface area contributed by atoms with Crippen molar-refractivity contribution in [1.82, 2.24) is 0 Å². The van der Waals surface area contributed by atoms with Crippen molar-refractivity contribution < 1.29 is 27.9 Å². The van der Waals surface area contributed by atoms with Crippen LogP contribution in [-0.4, -0.2) is 42.6 Å². The summed E-state index contributed by atoms with van der Waals surface area (Å²) in [6.45, 7) is 22.0. The first-order valence-corrected chi connectivity index (χ1v) is 30.9. The summed E-state index contributed by atoms with van der Waals surface area (Å²) in [6, 6.07) is 11.2. The van der Waals surface area contributed by atoms with Gasteiger partial charge in [-0.3, -0.25) is 4.79 Å². The molecule has 4 unspecified atom stereocenters. The lowest BCUT2D eigenvalue weighted by atomic mass is 9.62. The van der Waals surface area contributed by atoms with Gasteiger partial charge in [-0.15, -0.1) is 0 Å². The molecule has 6 aliphatic rings. The molecular formula is C54H78Cl2O6Si2. The van der Waals surface area contributed by atoms with Crippen LogP contribution in [0.4, 0.5) is 0 Å². The van der Waals surface area contributed by atoms with E-state index >= 15 is 0 Å². The monoisotopic (exact) mass is 948 g/mol. The predicted octanol–water partition coefficient (Wildman–Crippen LogP) is 16.5. The Hall–Kier alpha value is -2.79. The Bertz CT molecular complexity index is 2140. The van der Waals surface area contributed by atoms with Crippen molar-refractivity contribution in [1.29, 1.82) is 0 Å². The fraction of sp³-hybridized carbons (Fsp3) is 0.630.